The van der Waals surface area contributed by atoms with E-state index in [1.165, 1.54) is 0 Å². The van der Waals surface area contributed by atoms with E-state index in [9.17, 15) is 8.42 Å². The highest BCUT2D eigenvalue weighted by Gasteiger charge is 2.18. The van der Waals surface area contributed by atoms with Crippen LogP contribution in [-0.4, -0.2) is 13.4 Å². The van der Waals surface area contributed by atoms with E-state index in [2.05, 4.69) is 4.98 Å². The van der Waals surface area contributed by atoms with Crippen LogP contribution >= 0.6 is 0 Å². The van der Waals surface area contributed by atoms with Crippen molar-refractivity contribution in [1.29, 1.82) is 0 Å². The molecule has 0 saturated carbocycles. The first-order valence-corrected chi connectivity index (χ1v) is 7.32. The maximum atomic E-state index is 12.4. The van der Waals surface area contributed by atoms with Crippen molar-refractivity contribution in [3.05, 3.63) is 66.7 Å². The van der Waals surface area contributed by atoms with Gasteiger partial charge < -0.3 is 0 Å². The van der Waals surface area contributed by atoms with Gasteiger partial charge in [0.2, 0.25) is 9.84 Å². The lowest BCUT2D eigenvalue weighted by atomic mass is 10.2. The van der Waals surface area contributed by atoms with Crippen LogP contribution in [0.2, 0.25) is 0 Å². The summed E-state index contributed by atoms with van der Waals surface area (Å²) in [6.45, 7) is 0. The minimum atomic E-state index is -3.54. The fourth-order valence-corrected chi connectivity index (χ4v) is 3.14. The number of sulfone groups is 1. The molecule has 3 nitrogen and oxygen atoms in total. The summed E-state index contributed by atoms with van der Waals surface area (Å²) in [6.07, 6.45) is 0. The molecule has 3 rings (SSSR count). The number of rotatable bonds is 2. The molecule has 4 heteroatoms. The third-order valence-electron chi connectivity index (χ3n) is 2.90. The predicted octanol–water partition coefficient (Wildman–Crippen LogP) is 3.07. The van der Waals surface area contributed by atoms with Crippen molar-refractivity contribution in [1.82, 2.24) is 4.98 Å². The Labute approximate surface area is 111 Å². The molecule has 0 fully saturated rings. The van der Waals surface area contributed by atoms with Gasteiger partial charge >= 0.3 is 0 Å². The second-order valence-electron chi connectivity index (χ2n) is 4.16. The summed E-state index contributed by atoms with van der Waals surface area (Å²) in [7, 11) is -3.54. The van der Waals surface area contributed by atoms with Crippen LogP contribution in [0.5, 0.6) is 0 Å². The molecule has 3 aromatic rings. The molecule has 0 aliphatic carbocycles. The van der Waals surface area contributed by atoms with E-state index < -0.39 is 9.84 Å². The van der Waals surface area contributed by atoms with Crippen LogP contribution < -0.4 is 0 Å². The summed E-state index contributed by atoms with van der Waals surface area (Å²) in [4.78, 5) is 4.50. The molecule has 0 aliphatic rings. The fraction of sp³-hybridized carbons (Fsp3) is 0. The Morgan fingerprint density at radius 3 is 2.21 bits per heavy atom. The molecule has 0 amide bonds. The monoisotopic (exact) mass is 269 g/mol. The number of benzene rings is 2. The molecule has 0 N–H and O–H groups in total. The minimum absolute atomic E-state index is 0.0809. The van der Waals surface area contributed by atoms with Gasteiger partial charge in [0.1, 0.15) is 0 Å². The zero-order valence-corrected chi connectivity index (χ0v) is 10.8. The van der Waals surface area contributed by atoms with Gasteiger partial charge in [-0.1, -0.05) is 36.4 Å². The van der Waals surface area contributed by atoms with E-state index in [1.807, 2.05) is 18.2 Å². The molecule has 0 aliphatic heterocycles. The van der Waals surface area contributed by atoms with Crippen molar-refractivity contribution >= 4 is 20.7 Å². The van der Waals surface area contributed by atoms with Crippen LogP contribution in [0.4, 0.5) is 0 Å². The third-order valence-corrected chi connectivity index (χ3v) is 4.57. The van der Waals surface area contributed by atoms with Crippen molar-refractivity contribution in [3.8, 4) is 0 Å². The van der Waals surface area contributed by atoms with E-state index in [1.54, 1.807) is 48.5 Å². The van der Waals surface area contributed by atoms with E-state index in [0.29, 0.717) is 5.52 Å². The Morgan fingerprint density at radius 2 is 1.42 bits per heavy atom. The molecule has 19 heavy (non-hydrogen) atoms. The minimum Gasteiger partial charge on any atom is -0.236 e. The van der Waals surface area contributed by atoms with Crippen molar-refractivity contribution in [2.24, 2.45) is 0 Å². The van der Waals surface area contributed by atoms with Crippen LogP contribution in [-0.2, 0) is 9.84 Å². The van der Waals surface area contributed by atoms with Crippen LogP contribution in [0, 0.1) is 0 Å². The Hall–Kier alpha value is -2.20. The molecule has 1 aromatic heterocycles. The second-order valence-corrected chi connectivity index (χ2v) is 6.06. The first-order valence-electron chi connectivity index (χ1n) is 5.84. The quantitative estimate of drug-likeness (QED) is 0.718. The number of para-hydroxylation sites is 1. The highest BCUT2D eigenvalue weighted by molar-refractivity contribution is 7.91. The second kappa shape index (κ2) is 4.48. The summed E-state index contributed by atoms with van der Waals surface area (Å²) >= 11 is 0. The summed E-state index contributed by atoms with van der Waals surface area (Å²) in [6, 6.07) is 19.1. The maximum Gasteiger partial charge on any atom is 0.223 e. The van der Waals surface area contributed by atoms with E-state index >= 15 is 0 Å². The number of nitrogens with zero attached hydrogens (tertiary/aromatic N) is 1. The largest absolute Gasteiger partial charge is 0.236 e. The number of hydrogen-bond acceptors (Lipinski definition) is 3. The normalized spacial score (nSPS) is 11.6. The average molecular weight is 269 g/mol. The predicted molar refractivity (Wildman–Crippen MR) is 73.6 cm³/mol. The molecule has 1 heterocycles. The molecule has 0 radical (unpaired) electrons. The average Bonchev–Trinajstić information content (AvgIpc) is 2.47. The molecule has 94 valence electrons. The van der Waals surface area contributed by atoms with Crippen LogP contribution in [0.1, 0.15) is 0 Å². The molecular formula is C15H11NO2S. The Morgan fingerprint density at radius 1 is 0.737 bits per heavy atom. The van der Waals surface area contributed by atoms with Gasteiger partial charge in [-0.05, 0) is 30.3 Å². The van der Waals surface area contributed by atoms with Gasteiger partial charge in [-0.3, -0.25) is 0 Å². The Kier molecular flexibility index (Phi) is 2.80. The smallest absolute Gasteiger partial charge is 0.223 e. The molecule has 0 spiro atoms. The maximum absolute atomic E-state index is 12.4. The lowest BCUT2D eigenvalue weighted by Gasteiger charge is -2.04. The van der Waals surface area contributed by atoms with Gasteiger partial charge in [-0.15, -0.1) is 0 Å². The first kappa shape index (κ1) is 11.9. The summed E-state index contributed by atoms with van der Waals surface area (Å²) < 4.78 is 24.8. The number of aromatic nitrogens is 1. The lowest BCUT2D eigenvalue weighted by Crippen LogP contribution is -2.04. The molecular weight excluding hydrogens is 258 g/mol. The molecule has 0 bridgehead atoms. The highest BCUT2D eigenvalue weighted by Crippen LogP contribution is 2.21. The topological polar surface area (TPSA) is 47.0 Å². The number of hydrogen-bond donors (Lipinski definition) is 0. The van der Waals surface area contributed by atoms with Gasteiger partial charge in [0.05, 0.1) is 10.4 Å². The van der Waals surface area contributed by atoms with Crippen LogP contribution in [0.25, 0.3) is 10.9 Å². The van der Waals surface area contributed by atoms with Crippen LogP contribution in [0.15, 0.2) is 76.7 Å². The Bertz CT molecular complexity index is 827. The van der Waals surface area contributed by atoms with Gasteiger partial charge in [0.15, 0.2) is 5.03 Å². The van der Waals surface area contributed by atoms with Crippen LogP contribution in [0.3, 0.4) is 0 Å². The molecule has 0 saturated heterocycles. The molecule has 2 aromatic carbocycles. The van der Waals surface area contributed by atoms with Crippen molar-refractivity contribution in [3.63, 3.8) is 0 Å². The zero-order chi connectivity index (χ0) is 13.3. The Balaban J connectivity index is 2.19. The first-order chi connectivity index (χ1) is 9.18. The third kappa shape index (κ3) is 2.11. The van der Waals surface area contributed by atoms with Crippen molar-refractivity contribution in [2.45, 2.75) is 9.92 Å². The van der Waals surface area contributed by atoms with Gasteiger partial charge in [-0.2, -0.15) is 0 Å². The highest BCUT2D eigenvalue weighted by atomic mass is 32.2. The van der Waals surface area contributed by atoms with Gasteiger partial charge in [0.25, 0.3) is 0 Å². The molecule has 0 atom stereocenters. The standard InChI is InChI=1S/C15H11NO2S/c17-19(18,13-7-2-1-3-8-13)15-11-10-12-6-4-5-9-14(12)16-15/h1-11H. The fourth-order valence-electron chi connectivity index (χ4n) is 1.92. The summed E-state index contributed by atoms with van der Waals surface area (Å²) in [5.41, 5.74) is 0.680. The zero-order valence-electron chi connectivity index (χ0n) is 10.0. The SMILES string of the molecule is O=S(=O)(c1ccccc1)c1ccc2ccccc2n1. The summed E-state index contributed by atoms with van der Waals surface area (Å²) in [5.74, 6) is 0. The number of pyridine rings is 1. The van der Waals surface area contributed by atoms with E-state index in [4.69, 9.17) is 0 Å². The van der Waals surface area contributed by atoms with E-state index in [0.717, 1.165) is 5.39 Å². The van der Waals surface area contributed by atoms with Gasteiger partial charge in [0, 0.05) is 5.39 Å². The van der Waals surface area contributed by atoms with Crippen molar-refractivity contribution in [2.75, 3.05) is 0 Å². The van der Waals surface area contributed by atoms with E-state index in [-0.39, 0.29) is 9.92 Å². The van der Waals surface area contributed by atoms with Crippen molar-refractivity contribution < 1.29 is 8.42 Å². The summed E-state index contributed by atoms with van der Waals surface area (Å²) in [5, 5.41) is 1.01. The lowest BCUT2D eigenvalue weighted by molar-refractivity contribution is 0.593. The molecule has 0 unspecified atom stereocenters. The number of fused-ring (bicyclic) bond motifs is 1. The van der Waals surface area contributed by atoms with Gasteiger partial charge in [-0.25, -0.2) is 13.4 Å².